The molecule has 0 aliphatic rings. The van der Waals surface area contributed by atoms with Crippen molar-refractivity contribution >= 4 is 51.7 Å². The van der Waals surface area contributed by atoms with Crippen LogP contribution < -0.4 is 44.5 Å². The molecule has 6 nitrogen and oxygen atoms in total. The molecule has 0 heterocycles. The topological polar surface area (TPSA) is 113 Å². The summed E-state index contributed by atoms with van der Waals surface area (Å²) in [6, 6.07) is 0. The second-order valence-corrected chi connectivity index (χ2v) is 1.87. The molecule has 0 radical (unpaired) electrons. The molecule has 9 heteroatoms. The van der Waals surface area contributed by atoms with Crippen molar-refractivity contribution in [3.63, 3.8) is 0 Å². The van der Waals surface area contributed by atoms with Crippen molar-refractivity contribution in [3.05, 3.63) is 0 Å². The minimum absolute atomic E-state index is 0. The number of phosphoric ester groups is 1. The second-order valence-electron chi connectivity index (χ2n) is 0.789. The van der Waals surface area contributed by atoms with Crippen LogP contribution in [-0.2, 0) is 9.09 Å². The van der Waals surface area contributed by atoms with Crippen molar-refractivity contribution in [1.29, 1.82) is 0 Å². The Kier molecular flexibility index (Phi) is 13.0. The Morgan fingerprint density at radius 2 is 1.70 bits per heavy atom. The number of rotatable bonds is 1. The molecule has 0 aromatic heterocycles. The average Bonchev–Trinajstić information content (AvgIpc) is 1.21. The van der Waals surface area contributed by atoms with Crippen molar-refractivity contribution in [2.75, 3.05) is 0 Å². The molecule has 0 spiro atoms. The van der Waals surface area contributed by atoms with E-state index in [4.69, 9.17) is 9.90 Å². The number of carboxylic acid groups (broad SMARTS) is 1. The molecule has 0 amide bonds. The first-order chi connectivity index (χ1) is 3.42. The van der Waals surface area contributed by atoms with E-state index in [-0.39, 0.29) is 67.3 Å². The molecule has 0 fully saturated rings. The number of carbonyl (C=O) groups is 1. The normalized spacial score (nSPS) is 8.60. The largest absolute Gasteiger partial charge is 2.00 e. The summed E-state index contributed by atoms with van der Waals surface area (Å²) in [5.74, 6) is 0. The zero-order chi connectivity index (χ0) is 6.78. The number of hydrogen-bond acceptors (Lipinski definition) is 6. The molecule has 10 heavy (non-hydrogen) atoms. The zero-order valence-corrected chi connectivity index (χ0v) is 10.2. The van der Waals surface area contributed by atoms with E-state index in [1.54, 1.807) is 0 Å². The van der Waals surface area contributed by atoms with Gasteiger partial charge < -0.3 is 28.8 Å². The SMILES string of the molecule is O=C([O-])OP(=O)([O-])[O-].[Ca+2].[Na+]. The van der Waals surface area contributed by atoms with Crippen LogP contribution in [0.3, 0.4) is 0 Å². The van der Waals surface area contributed by atoms with Gasteiger partial charge in [0.1, 0.15) is 0 Å². The van der Waals surface area contributed by atoms with Gasteiger partial charge in [-0.3, -0.25) is 0 Å². The van der Waals surface area contributed by atoms with E-state index in [9.17, 15) is 14.4 Å². The van der Waals surface area contributed by atoms with Crippen LogP contribution in [0.15, 0.2) is 0 Å². The summed E-state index contributed by atoms with van der Waals surface area (Å²) in [7, 11) is -5.38. The zero-order valence-electron chi connectivity index (χ0n) is 5.10. The van der Waals surface area contributed by atoms with Crippen LogP contribution in [0.2, 0.25) is 0 Å². The van der Waals surface area contributed by atoms with Crippen molar-refractivity contribution in [3.8, 4) is 0 Å². The van der Waals surface area contributed by atoms with E-state index < -0.39 is 14.0 Å². The van der Waals surface area contributed by atoms with Crippen molar-refractivity contribution in [2.45, 2.75) is 0 Å². The third-order valence-corrected chi connectivity index (χ3v) is 0.559. The van der Waals surface area contributed by atoms with Crippen LogP contribution in [0.1, 0.15) is 0 Å². The molecule has 0 saturated carbocycles. The maximum absolute atomic E-state index is 9.27. The first kappa shape index (κ1) is 17.7. The maximum atomic E-state index is 9.27. The third-order valence-electron chi connectivity index (χ3n) is 0.186. The summed E-state index contributed by atoms with van der Waals surface area (Å²) in [5.41, 5.74) is 0. The van der Waals surface area contributed by atoms with Crippen molar-refractivity contribution < 1.29 is 58.3 Å². The Bertz CT molecular complexity index is 141. The minimum Gasteiger partial charge on any atom is -0.795 e. The summed E-state index contributed by atoms with van der Waals surface area (Å²) in [4.78, 5) is 27.7. The van der Waals surface area contributed by atoms with Gasteiger partial charge in [0.25, 0.3) is 6.16 Å². The maximum Gasteiger partial charge on any atom is 2.00 e. The average molecular weight is 202 g/mol. The number of hydrogen-bond donors (Lipinski definition) is 0. The fourth-order valence-electron chi connectivity index (χ4n) is 0.0913. The standard InChI is InChI=1S/CH3O6P.Ca.Na/c2-1(3)7-8(4,5)6;;/h(H,2,3)(H2,4,5,6);;/q;+2;+1/p-3. The Balaban J connectivity index is -0.000000245. The fourth-order valence-corrected chi connectivity index (χ4v) is 0.274. The molecule has 0 rings (SSSR count). The van der Waals surface area contributed by atoms with Crippen molar-refractivity contribution in [1.82, 2.24) is 0 Å². The Labute approximate surface area is 108 Å². The van der Waals surface area contributed by atoms with E-state index in [0.29, 0.717) is 0 Å². The number of carbonyl (C=O) groups excluding carboxylic acids is 1. The molecule has 0 aromatic carbocycles. The van der Waals surface area contributed by atoms with Crippen LogP contribution in [0.25, 0.3) is 0 Å². The van der Waals surface area contributed by atoms with Gasteiger partial charge >= 0.3 is 67.3 Å². The van der Waals surface area contributed by atoms with Gasteiger partial charge in [-0.1, -0.05) is 0 Å². The predicted molar refractivity (Wildman–Crippen MR) is 19.8 cm³/mol. The molecular weight excluding hydrogens is 202 g/mol. The van der Waals surface area contributed by atoms with E-state index in [1.807, 2.05) is 0 Å². The van der Waals surface area contributed by atoms with E-state index >= 15 is 0 Å². The summed E-state index contributed by atoms with van der Waals surface area (Å²) >= 11 is 0. The second kappa shape index (κ2) is 7.34. The third kappa shape index (κ3) is 16.3. The predicted octanol–water partition coefficient (Wildman–Crippen LogP) is -6.20. The van der Waals surface area contributed by atoms with Gasteiger partial charge in [0, 0.05) is 7.82 Å². The van der Waals surface area contributed by atoms with Crippen LogP contribution in [0.4, 0.5) is 4.79 Å². The summed E-state index contributed by atoms with van der Waals surface area (Å²) in [5, 5.41) is 9.11. The van der Waals surface area contributed by atoms with Crippen LogP contribution in [0.5, 0.6) is 0 Å². The molecule has 0 atom stereocenters. The summed E-state index contributed by atoms with van der Waals surface area (Å²) < 4.78 is 12.0. The van der Waals surface area contributed by atoms with Crippen LogP contribution >= 0.6 is 7.82 Å². The quantitative estimate of drug-likeness (QED) is 0.309. The van der Waals surface area contributed by atoms with Gasteiger partial charge in [0.05, 0.1) is 0 Å². The smallest absolute Gasteiger partial charge is 0.795 e. The van der Waals surface area contributed by atoms with Gasteiger partial charge in [-0.2, -0.15) is 0 Å². The first-order valence-corrected chi connectivity index (χ1v) is 2.80. The van der Waals surface area contributed by atoms with Crippen LogP contribution in [-0.4, -0.2) is 43.9 Å². The molecule has 0 aliphatic carbocycles. The van der Waals surface area contributed by atoms with Gasteiger partial charge in [-0.15, -0.1) is 0 Å². The molecular formula is CCaNaO6P. The van der Waals surface area contributed by atoms with E-state index in [2.05, 4.69) is 4.52 Å². The molecule has 0 bridgehead atoms. The molecule has 0 aromatic rings. The Morgan fingerprint density at radius 1 is 1.40 bits per heavy atom. The van der Waals surface area contributed by atoms with Gasteiger partial charge in [-0.05, 0) is 0 Å². The molecule has 48 valence electrons. The van der Waals surface area contributed by atoms with Gasteiger partial charge in [0.2, 0.25) is 0 Å². The number of phosphoric acid groups is 1. The summed E-state index contributed by atoms with van der Waals surface area (Å²) in [6.07, 6.45) is -2.36. The van der Waals surface area contributed by atoms with Crippen molar-refractivity contribution in [2.24, 2.45) is 0 Å². The first-order valence-electron chi connectivity index (χ1n) is 1.34. The molecule has 0 unspecified atom stereocenters. The minimum atomic E-state index is -5.38. The molecule has 0 aliphatic heterocycles. The fraction of sp³-hybridized carbons (Fsp3) is 0. The molecule has 0 N–H and O–H groups in total. The van der Waals surface area contributed by atoms with E-state index in [1.165, 1.54) is 0 Å². The van der Waals surface area contributed by atoms with Gasteiger partial charge in [0.15, 0.2) is 0 Å². The van der Waals surface area contributed by atoms with E-state index in [0.717, 1.165) is 0 Å². The van der Waals surface area contributed by atoms with Gasteiger partial charge in [-0.25, -0.2) is 0 Å². The molecule has 0 saturated heterocycles. The monoisotopic (exact) mass is 202 g/mol. The Morgan fingerprint density at radius 3 is 1.70 bits per heavy atom. The summed E-state index contributed by atoms with van der Waals surface area (Å²) in [6.45, 7) is 0. The van der Waals surface area contributed by atoms with Crippen LogP contribution in [0, 0.1) is 0 Å². The Hall–Kier alpha value is 1.68.